The van der Waals surface area contributed by atoms with E-state index < -0.39 is 11.9 Å². The van der Waals surface area contributed by atoms with Crippen molar-refractivity contribution in [3.8, 4) is 0 Å². The summed E-state index contributed by atoms with van der Waals surface area (Å²) in [6.45, 7) is 0. The van der Waals surface area contributed by atoms with Gasteiger partial charge in [0.2, 0.25) is 5.91 Å². The Morgan fingerprint density at radius 2 is 1.79 bits per heavy atom. The molecule has 24 heavy (non-hydrogen) atoms. The zero-order chi connectivity index (χ0) is 17.1. The van der Waals surface area contributed by atoms with Gasteiger partial charge in [0.05, 0.1) is 17.3 Å². The Morgan fingerprint density at radius 3 is 2.58 bits per heavy atom. The van der Waals surface area contributed by atoms with E-state index in [4.69, 9.17) is 11.5 Å². The zero-order valence-corrected chi connectivity index (χ0v) is 13.0. The quantitative estimate of drug-likeness (QED) is 0.574. The van der Waals surface area contributed by atoms with Gasteiger partial charge >= 0.3 is 0 Å². The van der Waals surface area contributed by atoms with E-state index in [1.807, 2.05) is 30.5 Å². The minimum Gasteiger partial charge on any atom is -0.366 e. The van der Waals surface area contributed by atoms with Crippen LogP contribution in [0.25, 0.3) is 10.9 Å². The van der Waals surface area contributed by atoms with E-state index in [0.29, 0.717) is 12.1 Å². The van der Waals surface area contributed by atoms with Crippen molar-refractivity contribution in [2.24, 2.45) is 11.5 Å². The number of fused-ring (bicyclic) bond motifs is 1. The van der Waals surface area contributed by atoms with Gasteiger partial charge in [0.1, 0.15) is 0 Å². The van der Waals surface area contributed by atoms with Gasteiger partial charge in [-0.1, -0.05) is 30.3 Å². The Labute approximate surface area is 138 Å². The van der Waals surface area contributed by atoms with E-state index in [1.54, 1.807) is 24.3 Å². The third-order valence-corrected chi connectivity index (χ3v) is 3.90. The minimum atomic E-state index is -0.745. The molecule has 0 saturated carbocycles. The molecule has 0 bridgehead atoms. The van der Waals surface area contributed by atoms with Crippen molar-refractivity contribution in [3.05, 3.63) is 65.9 Å². The molecule has 1 atom stereocenters. The number of rotatable bonds is 5. The highest BCUT2D eigenvalue weighted by Crippen LogP contribution is 2.19. The highest BCUT2D eigenvalue weighted by atomic mass is 16.2. The van der Waals surface area contributed by atoms with Crippen LogP contribution in [-0.2, 0) is 11.2 Å². The highest BCUT2D eigenvalue weighted by molar-refractivity contribution is 6.04. The molecule has 1 heterocycles. The number of H-pyrrole nitrogens is 1. The molecule has 0 saturated heterocycles. The monoisotopic (exact) mass is 322 g/mol. The SMILES string of the molecule is NC(=O)c1ccccc1NC(=O)[C@@H](N)Cc1c[nH]c2ccccc12. The van der Waals surface area contributed by atoms with Crippen molar-refractivity contribution in [3.63, 3.8) is 0 Å². The van der Waals surface area contributed by atoms with Gasteiger partial charge in [-0.2, -0.15) is 0 Å². The van der Waals surface area contributed by atoms with E-state index in [9.17, 15) is 9.59 Å². The average molecular weight is 322 g/mol. The Bertz CT molecular complexity index is 901. The normalized spacial score (nSPS) is 12.0. The van der Waals surface area contributed by atoms with Crippen LogP contribution in [0.3, 0.4) is 0 Å². The highest BCUT2D eigenvalue weighted by Gasteiger charge is 2.18. The Balaban J connectivity index is 1.75. The summed E-state index contributed by atoms with van der Waals surface area (Å²) in [6.07, 6.45) is 2.24. The number of primary amides is 1. The molecule has 1 aromatic heterocycles. The number of hydrogen-bond donors (Lipinski definition) is 4. The summed E-state index contributed by atoms with van der Waals surface area (Å²) in [5.74, 6) is -0.968. The minimum absolute atomic E-state index is 0.255. The second-order valence-corrected chi connectivity index (χ2v) is 5.57. The number of nitrogens with one attached hydrogen (secondary N) is 2. The number of amides is 2. The molecule has 6 heteroatoms. The van der Waals surface area contributed by atoms with Gasteiger partial charge in [-0.3, -0.25) is 9.59 Å². The maximum Gasteiger partial charge on any atom is 0.250 e. The van der Waals surface area contributed by atoms with Crippen LogP contribution >= 0.6 is 0 Å². The molecule has 2 aromatic carbocycles. The summed E-state index contributed by atoms with van der Waals surface area (Å²) in [5, 5.41) is 3.72. The van der Waals surface area contributed by atoms with Gasteiger partial charge in [0.25, 0.3) is 5.91 Å². The maximum atomic E-state index is 12.4. The van der Waals surface area contributed by atoms with E-state index in [1.165, 1.54) is 0 Å². The fourth-order valence-electron chi connectivity index (χ4n) is 2.66. The van der Waals surface area contributed by atoms with E-state index >= 15 is 0 Å². The number of aromatic nitrogens is 1. The summed E-state index contributed by atoms with van der Waals surface area (Å²) >= 11 is 0. The number of carbonyl (C=O) groups is 2. The summed E-state index contributed by atoms with van der Waals surface area (Å²) in [4.78, 5) is 26.9. The predicted octanol–water partition coefficient (Wildman–Crippen LogP) is 1.78. The number of nitrogens with two attached hydrogens (primary N) is 2. The van der Waals surface area contributed by atoms with Crippen molar-refractivity contribution in [2.45, 2.75) is 12.5 Å². The first-order valence-electron chi connectivity index (χ1n) is 7.56. The number of anilines is 1. The van der Waals surface area contributed by atoms with Gasteiger partial charge in [0.15, 0.2) is 0 Å². The molecule has 0 fully saturated rings. The number of aromatic amines is 1. The topological polar surface area (TPSA) is 114 Å². The van der Waals surface area contributed by atoms with Gasteiger partial charge in [-0.15, -0.1) is 0 Å². The standard InChI is InChI=1S/C18H18N4O2/c19-14(9-11-10-21-15-7-3-1-5-12(11)15)18(24)22-16-8-4-2-6-13(16)17(20)23/h1-8,10,14,21H,9,19H2,(H2,20,23)(H,22,24)/t14-/m0/s1. The van der Waals surface area contributed by atoms with E-state index in [2.05, 4.69) is 10.3 Å². The first-order valence-corrected chi connectivity index (χ1v) is 7.56. The largest absolute Gasteiger partial charge is 0.366 e. The number of hydrogen-bond acceptors (Lipinski definition) is 3. The zero-order valence-electron chi connectivity index (χ0n) is 13.0. The molecule has 122 valence electrons. The lowest BCUT2D eigenvalue weighted by molar-refractivity contribution is -0.117. The van der Waals surface area contributed by atoms with Crippen LogP contribution in [0.4, 0.5) is 5.69 Å². The average Bonchev–Trinajstić information content (AvgIpc) is 2.98. The summed E-state index contributed by atoms with van der Waals surface area (Å²) in [6, 6.07) is 13.7. The van der Waals surface area contributed by atoms with Crippen molar-refractivity contribution in [1.29, 1.82) is 0 Å². The molecule has 2 amide bonds. The third-order valence-electron chi connectivity index (χ3n) is 3.90. The van der Waals surface area contributed by atoms with Crippen LogP contribution in [-0.4, -0.2) is 22.8 Å². The molecule has 3 aromatic rings. The van der Waals surface area contributed by atoms with Crippen LogP contribution in [0.1, 0.15) is 15.9 Å². The summed E-state index contributed by atoms with van der Waals surface area (Å²) in [7, 11) is 0. The van der Waals surface area contributed by atoms with Gasteiger partial charge in [-0.25, -0.2) is 0 Å². The molecule has 0 aliphatic carbocycles. The van der Waals surface area contributed by atoms with Gasteiger partial charge in [0, 0.05) is 17.1 Å². The van der Waals surface area contributed by atoms with Crippen LogP contribution in [0.5, 0.6) is 0 Å². The van der Waals surface area contributed by atoms with E-state index in [0.717, 1.165) is 16.5 Å². The van der Waals surface area contributed by atoms with Crippen LogP contribution in [0.15, 0.2) is 54.7 Å². The molecule has 3 rings (SSSR count). The van der Waals surface area contributed by atoms with Crippen molar-refractivity contribution in [1.82, 2.24) is 4.98 Å². The Kier molecular flexibility index (Phi) is 4.31. The Morgan fingerprint density at radius 1 is 1.08 bits per heavy atom. The molecule has 0 aliphatic heterocycles. The lowest BCUT2D eigenvalue weighted by Gasteiger charge is -2.13. The first kappa shape index (κ1) is 15.8. The van der Waals surface area contributed by atoms with E-state index in [-0.39, 0.29) is 11.5 Å². The molecule has 0 aliphatic rings. The third kappa shape index (κ3) is 3.13. The Hall–Kier alpha value is -3.12. The summed E-state index contributed by atoms with van der Waals surface area (Å²) in [5.41, 5.74) is 13.9. The molecule has 0 radical (unpaired) electrons. The lowest BCUT2D eigenvalue weighted by Crippen LogP contribution is -2.37. The summed E-state index contributed by atoms with van der Waals surface area (Å²) < 4.78 is 0. The van der Waals surface area contributed by atoms with Crippen LogP contribution < -0.4 is 16.8 Å². The van der Waals surface area contributed by atoms with Crippen molar-refractivity contribution >= 4 is 28.4 Å². The first-order chi connectivity index (χ1) is 11.6. The fraction of sp³-hybridized carbons (Fsp3) is 0.111. The smallest absolute Gasteiger partial charge is 0.250 e. The molecule has 0 spiro atoms. The number of benzene rings is 2. The molecule has 6 nitrogen and oxygen atoms in total. The van der Waals surface area contributed by atoms with Crippen LogP contribution in [0, 0.1) is 0 Å². The second-order valence-electron chi connectivity index (χ2n) is 5.57. The van der Waals surface area contributed by atoms with Gasteiger partial charge < -0.3 is 21.8 Å². The second kappa shape index (κ2) is 6.55. The maximum absolute atomic E-state index is 12.4. The molecule has 6 N–H and O–H groups in total. The fourth-order valence-corrected chi connectivity index (χ4v) is 2.66. The van der Waals surface area contributed by atoms with Crippen LogP contribution in [0.2, 0.25) is 0 Å². The van der Waals surface area contributed by atoms with Crippen molar-refractivity contribution in [2.75, 3.05) is 5.32 Å². The molecular formula is C18H18N4O2. The molecule has 0 unspecified atom stereocenters. The number of para-hydroxylation sites is 2. The number of carbonyl (C=O) groups excluding carboxylic acids is 2. The molecular weight excluding hydrogens is 304 g/mol. The lowest BCUT2D eigenvalue weighted by atomic mass is 10.0. The van der Waals surface area contributed by atoms with Crippen molar-refractivity contribution < 1.29 is 9.59 Å². The predicted molar refractivity (Wildman–Crippen MR) is 93.6 cm³/mol. The van der Waals surface area contributed by atoms with Gasteiger partial charge in [-0.05, 0) is 30.2 Å².